The molecule has 0 aliphatic heterocycles. The maximum atomic E-state index is 12.5. The summed E-state index contributed by atoms with van der Waals surface area (Å²) in [6, 6.07) is 3.46. The Balaban J connectivity index is 2.99. The molecule has 102 valence electrons. The standard InChI is InChI=1S/C13H19F3N2/c1-12(2,3)8-18(4)11-6-5-9(7-10(11)17)13(14,15)16/h5-7H,8,17H2,1-4H3. The number of nitrogen functional groups attached to an aromatic ring is 1. The first-order valence-electron chi connectivity index (χ1n) is 5.68. The Morgan fingerprint density at radius 2 is 1.72 bits per heavy atom. The summed E-state index contributed by atoms with van der Waals surface area (Å²) in [4.78, 5) is 1.87. The molecule has 0 aliphatic carbocycles. The van der Waals surface area contributed by atoms with Crippen LogP contribution in [0.3, 0.4) is 0 Å². The number of alkyl halides is 3. The van der Waals surface area contributed by atoms with Crippen molar-refractivity contribution in [1.82, 2.24) is 0 Å². The highest BCUT2D eigenvalue weighted by atomic mass is 19.4. The fourth-order valence-electron chi connectivity index (χ4n) is 1.88. The Morgan fingerprint density at radius 3 is 2.11 bits per heavy atom. The number of rotatable bonds is 2. The van der Waals surface area contributed by atoms with Gasteiger partial charge in [0.15, 0.2) is 0 Å². The van der Waals surface area contributed by atoms with Crippen molar-refractivity contribution in [2.24, 2.45) is 5.41 Å². The third kappa shape index (κ3) is 3.82. The highest BCUT2D eigenvalue weighted by Gasteiger charge is 2.31. The van der Waals surface area contributed by atoms with E-state index in [4.69, 9.17) is 5.73 Å². The van der Waals surface area contributed by atoms with Gasteiger partial charge in [0, 0.05) is 13.6 Å². The van der Waals surface area contributed by atoms with Gasteiger partial charge in [-0.1, -0.05) is 20.8 Å². The molecule has 0 atom stereocenters. The molecule has 0 saturated heterocycles. The highest BCUT2D eigenvalue weighted by molar-refractivity contribution is 5.68. The third-order valence-electron chi connectivity index (χ3n) is 2.48. The summed E-state index contributed by atoms with van der Waals surface area (Å²) in [6.07, 6.45) is -4.35. The van der Waals surface area contributed by atoms with Crippen LogP contribution in [0.25, 0.3) is 0 Å². The molecule has 0 heterocycles. The second-order valence-corrected chi connectivity index (χ2v) is 5.69. The van der Waals surface area contributed by atoms with Crippen molar-refractivity contribution in [3.8, 4) is 0 Å². The van der Waals surface area contributed by atoms with Crippen molar-refractivity contribution >= 4 is 11.4 Å². The van der Waals surface area contributed by atoms with Crippen LogP contribution in [0, 0.1) is 5.41 Å². The van der Waals surface area contributed by atoms with E-state index in [1.165, 1.54) is 6.07 Å². The van der Waals surface area contributed by atoms with Crippen LogP contribution >= 0.6 is 0 Å². The first-order chi connectivity index (χ1) is 8.00. The molecule has 0 saturated carbocycles. The molecule has 0 bridgehead atoms. The number of halogens is 3. The summed E-state index contributed by atoms with van der Waals surface area (Å²) in [5, 5.41) is 0. The van der Waals surface area contributed by atoms with Crippen LogP contribution in [0.1, 0.15) is 26.3 Å². The van der Waals surface area contributed by atoms with Gasteiger partial charge in [-0.05, 0) is 23.6 Å². The second-order valence-electron chi connectivity index (χ2n) is 5.69. The predicted octanol–water partition coefficient (Wildman–Crippen LogP) is 3.77. The van der Waals surface area contributed by atoms with Crippen LogP contribution in [0.5, 0.6) is 0 Å². The molecule has 0 amide bonds. The Morgan fingerprint density at radius 1 is 1.17 bits per heavy atom. The number of anilines is 2. The predicted molar refractivity (Wildman–Crippen MR) is 68.6 cm³/mol. The van der Waals surface area contributed by atoms with Crippen molar-refractivity contribution in [3.63, 3.8) is 0 Å². The maximum Gasteiger partial charge on any atom is 0.416 e. The fraction of sp³-hybridized carbons (Fsp3) is 0.538. The van der Waals surface area contributed by atoms with E-state index in [9.17, 15) is 13.2 Å². The molecule has 2 nitrogen and oxygen atoms in total. The molecular weight excluding hydrogens is 241 g/mol. The number of hydrogen-bond donors (Lipinski definition) is 1. The molecule has 0 aliphatic rings. The lowest BCUT2D eigenvalue weighted by Gasteiger charge is -2.29. The smallest absolute Gasteiger partial charge is 0.397 e. The van der Waals surface area contributed by atoms with Gasteiger partial charge in [0.25, 0.3) is 0 Å². The summed E-state index contributed by atoms with van der Waals surface area (Å²) < 4.78 is 37.5. The average Bonchev–Trinajstić information content (AvgIpc) is 2.12. The van der Waals surface area contributed by atoms with E-state index in [-0.39, 0.29) is 11.1 Å². The quantitative estimate of drug-likeness (QED) is 0.820. The van der Waals surface area contributed by atoms with Crippen molar-refractivity contribution in [2.45, 2.75) is 26.9 Å². The van der Waals surface area contributed by atoms with Crippen LogP contribution in [-0.2, 0) is 6.18 Å². The number of hydrogen-bond acceptors (Lipinski definition) is 2. The Kier molecular flexibility index (Phi) is 3.84. The van der Waals surface area contributed by atoms with Gasteiger partial charge in [0.1, 0.15) is 0 Å². The number of benzene rings is 1. The Bertz CT molecular complexity index is 419. The highest BCUT2D eigenvalue weighted by Crippen LogP contribution is 2.34. The summed E-state index contributed by atoms with van der Waals surface area (Å²) >= 11 is 0. The van der Waals surface area contributed by atoms with Gasteiger partial charge in [-0.25, -0.2) is 0 Å². The van der Waals surface area contributed by atoms with Gasteiger partial charge < -0.3 is 10.6 Å². The molecule has 5 heteroatoms. The topological polar surface area (TPSA) is 29.3 Å². The first kappa shape index (κ1) is 14.7. The van der Waals surface area contributed by atoms with Gasteiger partial charge in [-0.15, -0.1) is 0 Å². The molecule has 0 unspecified atom stereocenters. The van der Waals surface area contributed by atoms with E-state index < -0.39 is 11.7 Å². The minimum absolute atomic E-state index is 0.0455. The molecule has 18 heavy (non-hydrogen) atoms. The van der Waals surface area contributed by atoms with Crippen LogP contribution in [0.15, 0.2) is 18.2 Å². The van der Waals surface area contributed by atoms with E-state index in [1.807, 2.05) is 11.9 Å². The Labute approximate surface area is 106 Å². The zero-order valence-corrected chi connectivity index (χ0v) is 11.1. The number of nitrogens with two attached hydrogens (primary N) is 1. The molecule has 0 radical (unpaired) electrons. The summed E-state index contributed by atoms with van der Waals surface area (Å²) in [5.74, 6) is 0. The zero-order chi connectivity index (χ0) is 14.1. The maximum absolute atomic E-state index is 12.5. The summed E-state index contributed by atoms with van der Waals surface area (Å²) in [6.45, 7) is 6.89. The SMILES string of the molecule is CN(CC(C)(C)C)c1ccc(C(F)(F)F)cc1N. The lowest BCUT2D eigenvalue weighted by atomic mass is 9.96. The van der Waals surface area contributed by atoms with Crippen LogP contribution < -0.4 is 10.6 Å². The van der Waals surface area contributed by atoms with E-state index >= 15 is 0 Å². The molecule has 1 aromatic carbocycles. The van der Waals surface area contributed by atoms with Gasteiger partial charge in [0.2, 0.25) is 0 Å². The van der Waals surface area contributed by atoms with E-state index in [2.05, 4.69) is 20.8 Å². The normalized spacial score (nSPS) is 12.6. The minimum Gasteiger partial charge on any atom is -0.397 e. The third-order valence-corrected chi connectivity index (χ3v) is 2.48. The molecule has 1 aromatic rings. The molecule has 1 rings (SSSR count). The zero-order valence-electron chi connectivity index (χ0n) is 11.1. The van der Waals surface area contributed by atoms with Crippen LogP contribution in [-0.4, -0.2) is 13.6 Å². The van der Waals surface area contributed by atoms with E-state index in [0.29, 0.717) is 12.2 Å². The first-order valence-corrected chi connectivity index (χ1v) is 5.68. The van der Waals surface area contributed by atoms with Gasteiger partial charge in [0.05, 0.1) is 16.9 Å². The van der Waals surface area contributed by atoms with Gasteiger partial charge in [-0.3, -0.25) is 0 Å². The summed E-state index contributed by atoms with van der Waals surface area (Å²) in [5.41, 5.74) is 5.80. The fourth-order valence-corrected chi connectivity index (χ4v) is 1.88. The molecule has 0 aromatic heterocycles. The largest absolute Gasteiger partial charge is 0.416 e. The van der Waals surface area contributed by atoms with Crippen LogP contribution in [0.2, 0.25) is 0 Å². The van der Waals surface area contributed by atoms with Crippen molar-refractivity contribution in [3.05, 3.63) is 23.8 Å². The Hall–Kier alpha value is -1.39. The minimum atomic E-state index is -4.35. The monoisotopic (exact) mass is 260 g/mol. The molecule has 0 fully saturated rings. The van der Waals surface area contributed by atoms with Crippen molar-refractivity contribution < 1.29 is 13.2 Å². The van der Waals surface area contributed by atoms with Crippen molar-refractivity contribution in [2.75, 3.05) is 24.2 Å². The second kappa shape index (κ2) is 4.71. The van der Waals surface area contributed by atoms with Gasteiger partial charge in [-0.2, -0.15) is 13.2 Å². The summed E-state index contributed by atoms with van der Waals surface area (Å²) in [7, 11) is 1.82. The van der Waals surface area contributed by atoms with E-state index in [0.717, 1.165) is 12.1 Å². The van der Waals surface area contributed by atoms with Crippen molar-refractivity contribution in [1.29, 1.82) is 0 Å². The lowest BCUT2D eigenvalue weighted by molar-refractivity contribution is -0.137. The van der Waals surface area contributed by atoms with Gasteiger partial charge >= 0.3 is 6.18 Å². The lowest BCUT2D eigenvalue weighted by Crippen LogP contribution is -2.29. The van der Waals surface area contributed by atoms with E-state index in [1.54, 1.807) is 0 Å². The molecular formula is C13H19F3N2. The number of nitrogens with zero attached hydrogens (tertiary/aromatic N) is 1. The molecule has 0 spiro atoms. The van der Waals surface area contributed by atoms with Crippen LogP contribution in [0.4, 0.5) is 24.5 Å². The molecule has 2 N–H and O–H groups in total. The average molecular weight is 260 g/mol.